The van der Waals surface area contributed by atoms with Crippen molar-refractivity contribution in [2.75, 3.05) is 7.05 Å². The molecule has 0 aromatic carbocycles. The van der Waals surface area contributed by atoms with Crippen molar-refractivity contribution in [2.45, 2.75) is 39.9 Å². The van der Waals surface area contributed by atoms with Crippen molar-refractivity contribution in [2.24, 2.45) is 0 Å². The van der Waals surface area contributed by atoms with E-state index in [2.05, 4.69) is 29.2 Å². The lowest BCUT2D eigenvalue weighted by molar-refractivity contribution is 0.182. The summed E-state index contributed by atoms with van der Waals surface area (Å²) in [5.41, 5.74) is 1.21. The average Bonchev–Trinajstić information content (AvgIpc) is 2.56. The Labute approximate surface area is 79.5 Å². The minimum Gasteiger partial charge on any atom is -0.296 e. The maximum absolute atomic E-state index is 3.98. The second-order valence-electron chi connectivity index (χ2n) is 3.17. The number of nitrogens with zero attached hydrogens (tertiary/aromatic N) is 4. The summed E-state index contributed by atoms with van der Waals surface area (Å²) in [5.74, 6) is 0. The van der Waals surface area contributed by atoms with E-state index in [4.69, 9.17) is 0 Å². The summed E-state index contributed by atoms with van der Waals surface area (Å²) in [5, 5.41) is 7.84. The molecule has 0 fully saturated rings. The van der Waals surface area contributed by atoms with E-state index >= 15 is 0 Å². The highest BCUT2D eigenvalue weighted by molar-refractivity contribution is 4.97. The van der Waals surface area contributed by atoms with Gasteiger partial charge in [0.2, 0.25) is 0 Å². The fourth-order valence-corrected chi connectivity index (χ4v) is 1.36. The van der Waals surface area contributed by atoms with Crippen LogP contribution < -0.4 is 0 Å². The molecule has 4 nitrogen and oxygen atoms in total. The minimum absolute atomic E-state index is 0.573. The van der Waals surface area contributed by atoms with Gasteiger partial charge >= 0.3 is 0 Å². The zero-order chi connectivity index (χ0) is 9.84. The molecular formula is C9H18N4. The van der Waals surface area contributed by atoms with Crippen LogP contribution in [0, 0.1) is 0 Å². The van der Waals surface area contributed by atoms with E-state index in [1.165, 1.54) is 5.69 Å². The van der Waals surface area contributed by atoms with Gasteiger partial charge in [0.1, 0.15) is 0 Å². The third-order valence-electron chi connectivity index (χ3n) is 2.30. The van der Waals surface area contributed by atoms with Gasteiger partial charge in [0.15, 0.2) is 0 Å². The molecule has 0 radical (unpaired) electrons. The first-order valence-electron chi connectivity index (χ1n) is 4.85. The summed E-state index contributed by atoms with van der Waals surface area (Å²) < 4.78 is 1.98. The van der Waals surface area contributed by atoms with Crippen LogP contribution in [0.5, 0.6) is 0 Å². The van der Waals surface area contributed by atoms with Crippen LogP contribution in [0.4, 0.5) is 0 Å². The zero-order valence-electron chi connectivity index (χ0n) is 8.86. The highest BCUT2D eigenvalue weighted by atomic mass is 15.4. The molecule has 0 aliphatic carbocycles. The number of fused-ring (bicyclic) bond motifs is 1. The standard InChI is InChI=1S/C7H12N4.C2H6/c1-6-4-11-7(3-8-9-11)5-10(6)2;1-2/h3,6H,4-5H2,1-2H3;1-2H3. The Balaban J connectivity index is 0.000000396. The Morgan fingerprint density at radius 1 is 1.46 bits per heavy atom. The van der Waals surface area contributed by atoms with E-state index in [-0.39, 0.29) is 0 Å². The van der Waals surface area contributed by atoms with Gasteiger partial charge in [-0.25, -0.2) is 4.68 Å². The maximum Gasteiger partial charge on any atom is 0.0738 e. The highest BCUT2D eigenvalue weighted by Gasteiger charge is 2.19. The summed E-state index contributed by atoms with van der Waals surface area (Å²) in [4.78, 5) is 2.30. The molecule has 1 aliphatic heterocycles. The fraction of sp³-hybridized carbons (Fsp3) is 0.778. The van der Waals surface area contributed by atoms with Crippen molar-refractivity contribution in [1.29, 1.82) is 0 Å². The van der Waals surface area contributed by atoms with Crippen LogP contribution in [0.25, 0.3) is 0 Å². The molecule has 0 spiro atoms. The molecule has 2 rings (SSSR count). The van der Waals surface area contributed by atoms with E-state index in [0.717, 1.165) is 13.1 Å². The Hall–Kier alpha value is -0.900. The lowest BCUT2D eigenvalue weighted by Crippen LogP contribution is -2.38. The van der Waals surface area contributed by atoms with Crippen molar-refractivity contribution in [3.8, 4) is 0 Å². The fourth-order valence-electron chi connectivity index (χ4n) is 1.36. The molecule has 0 amide bonds. The second kappa shape index (κ2) is 4.37. The predicted octanol–water partition coefficient (Wildman–Crippen LogP) is 1.14. The highest BCUT2D eigenvalue weighted by Crippen LogP contribution is 2.12. The number of likely N-dealkylation sites (N-methyl/N-ethyl adjacent to an activating group) is 1. The van der Waals surface area contributed by atoms with E-state index in [9.17, 15) is 0 Å². The van der Waals surface area contributed by atoms with Crippen LogP contribution in [0.2, 0.25) is 0 Å². The van der Waals surface area contributed by atoms with Gasteiger partial charge in [0.25, 0.3) is 0 Å². The lowest BCUT2D eigenvalue weighted by atomic mass is 10.2. The van der Waals surface area contributed by atoms with Gasteiger partial charge in [-0.15, -0.1) is 5.10 Å². The predicted molar refractivity (Wildman–Crippen MR) is 52.3 cm³/mol. The van der Waals surface area contributed by atoms with Crippen molar-refractivity contribution in [3.63, 3.8) is 0 Å². The normalized spacial score (nSPS) is 21.7. The summed E-state index contributed by atoms with van der Waals surface area (Å²) in [6.45, 7) is 8.13. The number of rotatable bonds is 0. The SMILES string of the molecule is CC.CC1Cn2nncc2CN1C. The van der Waals surface area contributed by atoms with Crippen molar-refractivity contribution in [3.05, 3.63) is 11.9 Å². The van der Waals surface area contributed by atoms with Crippen LogP contribution in [0.1, 0.15) is 26.5 Å². The molecule has 13 heavy (non-hydrogen) atoms. The average molecular weight is 182 g/mol. The van der Waals surface area contributed by atoms with E-state index in [1.54, 1.807) is 0 Å². The minimum atomic E-state index is 0.573. The van der Waals surface area contributed by atoms with Gasteiger partial charge in [-0.05, 0) is 14.0 Å². The molecule has 0 N–H and O–H groups in total. The van der Waals surface area contributed by atoms with Crippen molar-refractivity contribution < 1.29 is 0 Å². The molecule has 0 saturated carbocycles. The molecule has 1 atom stereocenters. The smallest absolute Gasteiger partial charge is 0.0738 e. The Kier molecular flexibility index (Phi) is 3.42. The van der Waals surface area contributed by atoms with Crippen LogP contribution >= 0.6 is 0 Å². The molecule has 4 heteroatoms. The Bertz CT molecular complexity index is 231. The number of aromatic nitrogens is 3. The monoisotopic (exact) mass is 182 g/mol. The topological polar surface area (TPSA) is 34.0 Å². The first-order valence-corrected chi connectivity index (χ1v) is 4.85. The van der Waals surface area contributed by atoms with Gasteiger partial charge < -0.3 is 0 Å². The van der Waals surface area contributed by atoms with Gasteiger partial charge in [-0.3, -0.25) is 4.90 Å². The molecular weight excluding hydrogens is 164 g/mol. The number of hydrogen-bond donors (Lipinski definition) is 0. The van der Waals surface area contributed by atoms with Crippen LogP contribution in [0.3, 0.4) is 0 Å². The largest absolute Gasteiger partial charge is 0.296 e. The Morgan fingerprint density at radius 3 is 2.85 bits per heavy atom. The molecule has 1 aliphatic rings. The lowest BCUT2D eigenvalue weighted by Gasteiger charge is -2.29. The maximum atomic E-state index is 3.98. The molecule has 1 aromatic heterocycles. The van der Waals surface area contributed by atoms with Gasteiger partial charge in [-0.1, -0.05) is 19.1 Å². The van der Waals surface area contributed by atoms with Gasteiger partial charge in [0.05, 0.1) is 18.4 Å². The van der Waals surface area contributed by atoms with Crippen LogP contribution in [0.15, 0.2) is 6.20 Å². The quantitative estimate of drug-likeness (QED) is 0.603. The molecule has 1 aromatic rings. The van der Waals surface area contributed by atoms with E-state index < -0.39 is 0 Å². The molecule has 1 unspecified atom stereocenters. The zero-order valence-corrected chi connectivity index (χ0v) is 8.86. The van der Waals surface area contributed by atoms with Crippen molar-refractivity contribution >= 4 is 0 Å². The van der Waals surface area contributed by atoms with Gasteiger partial charge in [0, 0.05) is 12.6 Å². The summed E-state index contributed by atoms with van der Waals surface area (Å²) >= 11 is 0. The molecule has 74 valence electrons. The molecule has 2 heterocycles. The van der Waals surface area contributed by atoms with Crippen molar-refractivity contribution in [1.82, 2.24) is 19.9 Å². The van der Waals surface area contributed by atoms with Gasteiger partial charge in [-0.2, -0.15) is 0 Å². The molecule has 0 bridgehead atoms. The van der Waals surface area contributed by atoms with Crippen LogP contribution in [-0.4, -0.2) is 33.0 Å². The first kappa shape index (κ1) is 10.2. The third kappa shape index (κ3) is 2.06. The molecule has 0 saturated heterocycles. The summed E-state index contributed by atoms with van der Waals surface area (Å²) in [6.07, 6.45) is 1.84. The van der Waals surface area contributed by atoms with E-state index in [0.29, 0.717) is 6.04 Å². The van der Waals surface area contributed by atoms with Crippen LogP contribution in [-0.2, 0) is 13.1 Å². The number of hydrogen-bond acceptors (Lipinski definition) is 3. The summed E-state index contributed by atoms with van der Waals surface area (Å²) in [7, 11) is 2.13. The first-order chi connectivity index (χ1) is 6.27. The van der Waals surface area contributed by atoms with E-state index in [1.807, 2.05) is 24.7 Å². The second-order valence-corrected chi connectivity index (χ2v) is 3.17. The third-order valence-corrected chi connectivity index (χ3v) is 2.30. The summed E-state index contributed by atoms with van der Waals surface area (Å²) in [6, 6.07) is 0.573. The Morgan fingerprint density at radius 2 is 2.15 bits per heavy atom.